The maximum atomic E-state index is 13.0. The largest absolute Gasteiger partial charge is 0.349 e. The van der Waals surface area contributed by atoms with Gasteiger partial charge in [-0.1, -0.05) is 29.8 Å². The second-order valence-corrected chi connectivity index (χ2v) is 6.93. The summed E-state index contributed by atoms with van der Waals surface area (Å²) in [5.41, 5.74) is 2.65. The molecule has 2 N–H and O–H groups in total. The fraction of sp³-hybridized carbons (Fsp3) is 0.136. The average Bonchev–Trinajstić information content (AvgIpc) is 2.70. The van der Waals surface area contributed by atoms with Crippen molar-refractivity contribution in [3.05, 3.63) is 94.5 Å². The lowest BCUT2D eigenvalue weighted by molar-refractivity contribution is -0.121. The van der Waals surface area contributed by atoms with Crippen LogP contribution in [0.1, 0.15) is 34.5 Å². The van der Waals surface area contributed by atoms with Crippen molar-refractivity contribution in [2.45, 2.75) is 19.4 Å². The number of halogens is 2. The van der Waals surface area contributed by atoms with E-state index in [1.807, 2.05) is 19.1 Å². The molecule has 3 rings (SSSR count). The normalized spacial score (nSPS) is 11.6. The summed E-state index contributed by atoms with van der Waals surface area (Å²) >= 11 is 5.74. The average molecular weight is 412 g/mol. The number of aromatic nitrogens is 1. The van der Waals surface area contributed by atoms with Crippen LogP contribution in [-0.2, 0) is 11.2 Å². The number of nitrogens with zero attached hydrogens (tertiary/aromatic N) is 1. The van der Waals surface area contributed by atoms with Crippen molar-refractivity contribution in [3.63, 3.8) is 0 Å². The number of hydrogen-bond acceptors (Lipinski definition) is 3. The van der Waals surface area contributed by atoms with Crippen LogP contribution in [-0.4, -0.2) is 16.8 Å². The Hall–Kier alpha value is -3.25. The Morgan fingerprint density at radius 2 is 1.72 bits per heavy atom. The van der Waals surface area contributed by atoms with E-state index in [9.17, 15) is 14.0 Å². The van der Waals surface area contributed by atoms with Gasteiger partial charge in [0.25, 0.3) is 5.91 Å². The van der Waals surface area contributed by atoms with Crippen molar-refractivity contribution in [2.75, 3.05) is 5.32 Å². The summed E-state index contributed by atoms with van der Waals surface area (Å²) in [5.74, 6) is -0.847. The molecule has 1 atom stereocenters. The van der Waals surface area contributed by atoms with Crippen LogP contribution < -0.4 is 10.6 Å². The molecule has 1 aromatic heterocycles. The predicted octanol–water partition coefficient (Wildman–Crippen LogP) is 4.55. The first-order chi connectivity index (χ1) is 13.9. The van der Waals surface area contributed by atoms with E-state index in [0.717, 1.165) is 11.1 Å². The standard InChI is InChI=1S/C22H19ClFN3O2/c1-14(26-21(28)12-15-2-11-20(23)25-13-15)16-5-9-19(10-6-16)27-22(29)17-3-7-18(24)8-4-17/h2-11,13-14H,12H2,1H3,(H,26,28)(H,27,29). The Bertz CT molecular complexity index is 990. The Kier molecular flexibility index (Phi) is 6.57. The number of hydrogen-bond donors (Lipinski definition) is 2. The summed E-state index contributed by atoms with van der Waals surface area (Å²) < 4.78 is 13.0. The molecule has 1 unspecified atom stereocenters. The summed E-state index contributed by atoms with van der Waals surface area (Å²) in [6.45, 7) is 1.88. The minimum atomic E-state index is -0.394. The second-order valence-electron chi connectivity index (χ2n) is 6.54. The highest BCUT2D eigenvalue weighted by atomic mass is 35.5. The van der Waals surface area contributed by atoms with Gasteiger partial charge in [-0.3, -0.25) is 9.59 Å². The van der Waals surface area contributed by atoms with Crippen LogP contribution in [0.4, 0.5) is 10.1 Å². The first-order valence-electron chi connectivity index (χ1n) is 8.97. The molecule has 0 spiro atoms. The quantitative estimate of drug-likeness (QED) is 0.585. The summed E-state index contributed by atoms with van der Waals surface area (Å²) in [4.78, 5) is 28.4. The maximum absolute atomic E-state index is 13.0. The first kappa shape index (κ1) is 20.5. The molecule has 2 amide bonds. The second kappa shape index (κ2) is 9.30. The van der Waals surface area contributed by atoms with Crippen molar-refractivity contribution in [1.29, 1.82) is 0 Å². The van der Waals surface area contributed by atoms with Crippen LogP contribution in [0.15, 0.2) is 66.9 Å². The van der Waals surface area contributed by atoms with Crippen LogP contribution in [0, 0.1) is 5.82 Å². The van der Waals surface area contributed by atoms with Gasteiger partial charge in [-0.25, -0.2) is 9.37 Å². The molecule has 0 fully saturated rings. The van der Waals surface area contributed by atoms with E-state index < -0.39 is 5.82 Å². The van der Waals surface area contributed by atoms with Gasteiger partial charge in [0.1, 0.15) is 11.0 Å². The summed E-state index contributed by atoms with van der Waals surface area (Å²) in [6.07, 6.45) is 1.78. The van der Waals surface area contributed by atoms with Gasteiger partial charge in [0.05, 0.1) is 12.5 Å². The van der Waals surface area contributed by atoms with Crippen LogP contribution in [0.2, 0.25) is 5.15 Å². The SMILES string of the molecule is CC(NC(=O)Cc1ccc(Cl)nc1)c1ccc(NC(=O)c2ccc(F)cc2)cc1. The number of carbonyl (C=O) groups excluding carboxylic acids is 2. The Morgan fingerprint density at radius 3 is 2.34 bits per heavy atom. The molecule has 5 nitrogen and oxygen atoms in total. The summed E-state index contributed by atoms with van der Waals surface area (Å²) in [6, 6.07) is 15.7. The molecule has 2 aromatic carbocycles. The van der Waals surface area contributed by atoms with E-state index in [1.165, 1.54) is 24.3 Å². The van der Waals surface area contributed by atoms with Gasteiger partial charge in [-0.15, -0.1) is 0 Å². The fourth-order valence-corrected chi connectivity index (χ4v) is 2.84. The third kappa shape index (κ3) is 5.86. The topological polar surface area (TPSA) is 71.1 Å². The van der Waals surface area contributed by atoms with Gasteiger partial charge < -0.3 is 10.6 Å². The molecule has 29 heavy (non-hydrogen) atoms. The predicted molar refractivity (Wildman–Crippen MR) is 110 cm³/mol. The van der Waals surface area contributed by atoms with Crippen molar-refractivity contribution in [3.8, 4) is 0 Å². The molecule has 0 radical (unpaired) electrons. The number of pyridine rings is 1. The van der Waals surface area contributed by atoms with Crippen molar-refractivity contribution in [2.24, 2.45) is 0 Å². The molecule has 0 saturated heterocycles. The first-order valence-corrected chi connectivity index (χ1v) is 9.35. The number of nitrogens with one attached hydrogen (secondary N) is 2. The van der Waals surface area contributed by atoms with Gasteiger partial charge in [0, 0.05) is 17.4 Å². The molecule has 7 heteroatoms. The third-order valence-corrected chi connectivity index (χ3v) is 4.53. The zero-order valence-electron chi connectivity index (χ0n) is 15.7. The van der Waals surface area contributed by atoms with Crippen LogP contribution in [0.5, 0.6) is 0 Å². The van der Waals surface area contributed by atoms with Crippen molar-refractivity contribution in [1.82, 2.24) is 10.3 Å². The van der Waals surface area contributed by atoms with Gasteiger partial charge in [-0.2, -0.15) is 0 Å². The molecule has 1 heterocycles. The third-order valence-electron chi connectivity index (χ3n) is 4.31. The molecule has 0 saturated carbocycles. The van der Waals surface area contributed by atoms with E-state index in [2.05, 4.69) is 15.6 Å². The molecule has 0 bridgehead atoms. The van der Waals surface area contributed by atoms with E-state index >= 15 is 0 Å². The van der Waals surface area contributed by atoms with E-state index in [0.29, 0.717) is 16.4 Å². The maximum Gasteiger partial charge on any atom is 0.255 e. The minimum Gasteiger partial charge on any atom is -0.349 e. The van der Waals surface area contributed by atoms with Crippen molar-refractivity contribution < 1.29 is 14.0 Å². The lowest BCUT2D eigenvalue weighted by Gasteiger charge is -2.15. The van der Waals surface area contributed by atoms with E-state index in [1.54, 1.807) is 30.5 Å². The zero-order valence-corrected chi connectivity index (χ0v) is 16.4. The van der Waals surface area contributed by atoms with E-state index in [-0.39, 0.29) is 24.3 Å². The Balaban J connectivity index is 1.55. The van der Waals surface area contributed by atoms with Gasteiger partial charge in [0.15, 0.2) is 0 Å². The van der Waals surface area contributed by atoms with Crippen LogP contribution >= 0.6 is 11.6 Å². The fourth-order valence-electron chi connectivity index (χ4n) is 2.73. The van der Waals surface area contributed by atoms with E-state index in [4.69, 9.17) is 11.6 Å². The van der Waals surface area contributed by atoms with Gasteiger partial charge in [-0.05, 0) is 60.5 Å². The summed E-state index contributed by atoms with van der Waals surface area (Å²) in [5, 5.41) is 6.07. The van der Waals surface area contributed by atoms with Gasteiger partial charge >= 0.3 is 0 Å². The van der Waals surface area contributed by atoms with Crippen molar-refractivity contribution >= 4 is 29.1 Å². The highest BCUT2D eigenvalue weighted by molar-refractivity contribution is 6.29. The number of benzene rings is 2. The monoisotopic (exact) mass is 411 g/mol. The Labute approximate surface area is 172 Å². The smallest absolute Gasteiger partial charge is 0.255 e. The van der Waals surface area contributed by atoms with Crippen LogP contribution in [0.25, 0.3) is 0 Å². The lowest BCUT2D eigenvalue weighted by Crippen LogP contribution is -2.28. The van der Waals surface area contributed by atoms with Crippen LogP contribution in [0.3, 0.4) is 0 Å². The number of anilines is 1. The molecule has 148 valence electrons. The highest BCUT2D eigenvalue weighted by Gasteiger charge is 2.11. The molecule has 0 aliphatic rings. The zero-order chi connectivity index (χ0) is 20.8. The molecule has 3 aromatic rings. The molecular formula is C22H19ClFN3O2. The molecular weight excluding hydrogens is 393 g/mol. The number of amides is 2. The lowest BCUT2D eigenvalue weighted by atomic mass is 10.1. The van der Waals surface area contributed by atoms with Gasteiger partial charge in [0.2, 0.25) is 5.91 Å². The highest BCUT2D eigenvalue weighted by Crippen LogP contribution is 2.17. The molecule has 0 aliphatic carbocycles. The number of rotatable bonds is 6. The minimum absolute atomic E-state index is 0.129. The molecule has 0 aliphatic heterocycles. The Morgan fingerprint density at radius 1 is 1.03 bits per heavy atom. The number of carbonyl (C=O) groups is 2. The summed E-state index contributed by atoms with van der Waals surface area (Å²) in [7, 11) is 0.